The van der Waals surface area contributed by atoms with Crippen molar-refractivity contribution in [2.45, 2.75) is 217 Å². The van der Waals surface area contributed by atoms with Crippen molar-refractivity contribution < 1.29 is 53.6 Å². The second-order valence-electron chi connectivity index (χ2n) is 22.8. The molecule has 5 N–H and O–H groups in total. The van der Waals surface area contributed by atoms with E-state index in [2.05, 4.69) is 79.4 Å². The van der Waals surface area contributed by atoms with Gasteiger partial charge in [-0.3, -0.25) is 4.98 Å². The minimum absolute atomic E-state index is 0.00431. The third-order valence-electron chi connectivity index (χ3n) is 13.5. The normalized spacial score (nSPS) is 15.5. The summed E-state index contributed by atoms with van der Waals surface area (Å²) in [5.41, 5.74) is 4.46. The molecule has 0 saturated heterocycles. The predicted octanol–water partition coefficient (Wildman–Crippen LogP) is 14.4. The molecule has 0 amide bonds. The number of rotatable bonds is 30. The van der Waals surface area contributed by atoms with Crippen LogP contribution >= 0.6 is 0 Å². The Hall–Kier alpha value is -4.30. The van der Waals surface area contributed by atoms with E-state index in [-0.39, 0.29) is 57.2 Å². The summed E-state index contributed by atoms with van der Waals surface area (Å²) in [6.45, 7) is 28.1. The molecule has 0 spiro atoms. The molecule has 6 atom stereocenters. The standard InChI is InChI=1S/C14H28O2.C14H22O2.C13H19FO2.C13H21NO2.C13H20O2/c1-11(2)8-9-13-6-4-5-7-14(13)16-12(3)10-15;1-4-5-8-13-9-6-7-10-14(13)16-12(3)11(2)15;1-10(2)3-4-11-5-6-12(14)9-13(11)16-8-7-15;1-10(2)6-7-12-13(5-4-8-14-12)16-11(3)9-15;1-11(2)7-8-12-5-3-4-6-13(12)15-10-9-14/h11-15H,4-10H2,1-3H3;6-7,9-12,15H,4-5,8H2,1-3H3;5-6,9-10,15H,3-4,7-8H2,1-2H3;4-5,8,10-11,15H,6-7,9H2,1-3H3;3-6,11,14H,7-10H2,1-2H3. The number of pyridine rings is 1. The number of aryl methyl sites for hydroxylation is 4. The molecule has 0 radical (unpaired) electrons. The number of hydrogen-bond acceptors (Lipinski definition) is 11. The second-order valence-corrected chi connectivity index (χ2v) is 22.8. The fourth-order valence-corrected chi connectivity index (χ4v) is 8.38. The molecule has 1 aromatic heterocycles. The first kappa shape index (κ1) is 72.7. The van der Waals surface area contributed by atoms with Crippen LogP contribution in [0, 0.1) is 35.4 Å². The molecule has 0 bridgehead atoms. The van der Waals surface area contributed by atoms with Gasteiger partial charge >= 0.3 is 0 Å². The van der Waals surface area contributed by atoms with Crippen LogP contribution in [-0.4, -0.2) is 101 Å². The van der Waals surface area contributed by atoms with Gasteiger partial charge in [0.05, 0.1) is 50.4 Å². The SMILES string of the molecule is CC(C)CCC1CCCCC1OC(C)CO.CC(C)CCc1ccc(F)cc1OCCO.CC(C)CCc1ccccc1OCCO.CC(C)CCc1ncccc1OC(C)CO.CCCCc1ccccc1OC(C)C(C)O. The Morgan fingerprint density at radius 2 is 1.08 bits per heavy atom. The Kier molecular flexibility index (Phi) is 40.8. The lowest BCUT2D eigenvalue weighted by Crippen LogP contribution is -2.32. The van der Waals surface area contributed by atoms with E-state index in [4.69, 9.17) is 44.1 Å². The van der Waals surface area contributed by atoms with E-state index < -0.39 is 6.10 Å². The zero-order valence-electron chi connectivity index (χ0n) is 51.3. The van der Waals surface area contributed by atoms with Gasteiger partial charge in [-0.05, 0) is 175 Å². The van der Waals surface area contributed by atoms with Crippen LogP contribution in [0.25, 0.3) is 0 Å². The number of halogens is 1. The van der Waals surface area contributed by atoms with Gasteiger partial charge in [0.1, 0.15) is 54.2 Å². The van der Waals surface area contributed by atoms with E-state index in [0.29, 0.717) is 36.2 Å². The van der Waals surface area contributed by atoms with E-state index >= 15 is 0 Å². The highest BCUT2D eigenvalue weighted by molar-refractivity contribution is 5.35. The first-order valence-corrected chi connectivity index (χ1v) is 30.0. The van der Waals surface area contributed by atoms with Crippen LogP contribution in [0.4, 0.5) is 4.39 Å². The topological polar surface area (TPSA) is 160 Å². The third kappa shape index (κ3) is 34.6. The van der Waals surface area contributed by atoms with E-state index in [0.717, 1.165) is 78.9 Å². The molecule has 11 nitrogen and oxygen atoms in total. The summed E-state index contributed by atoms with van der Waals surface area (Å²) in [7, 11) is 0. The van der Waals surface area contributed by atoms with Crippen molar-refractivity contribution in [3.63, 3.8) is 0 Å². The molecule has 1 aliphatic rings. The molecule has 79 heavy (non-hydrogen) atoms. The summed E-state index contributed by atoms with van der Waals surface area (Å²) < 4.78 is 41.1. The number of nitrogens with zero attached hydrogens (tertiary/aromatic N) is 1. The highest BCUT2D eigenvalue weighted by Gasteiger charge is 2.27. The number of para-hydroxylation sites is 2. The number of aromatic nitrogens is 1. The summed E-state index contributed by atoms with van der Waals surface area (Å²) in [6.07, 6.45) is 18.7. The second kappa shape index (κ2) is 44.4. The predicted molar refractivity (Wildman–Crippen MR) is 323 cm³/mol. The van der Waals surface area contributed by atoms with Crippen LogP contribution in [0.1, 0.15) is 183 Å². The Morgan fingerprint density at radius 3 is 1.63 bits per heavy atom. The van der Waals surface area contributed by atoms with Gasteiger partial charge in [0.15, 0.2) is 0 Å². The Balaban J connectivity index is 0.000000494. The summed E-state index contributed by atoms with van der Waals surface area (Å²) >= 11 is 0. The van der Waals surface area contributed by atoms with Gasteiger partial charge in [0.2, 0.25) is 0 Å². The molecule has 3 aromatic carbocycles. The average Bonchev–Trinajstić information content (AvgIpc) is 3.43. The van der Waals surface area contributed by atoms with Crippen molar-refractivity contribution in [3.05, 3.63) is 113 Å². The number of hydrogen-bond donors (Lipinski definition) is 5. The summed E-state index contributed by atoms with van der Waals surface area (Å²) in [4.78, 5) is 4.33. The maximum atomic E-state index is 13.0. The molecule has 6 unspecified atom stereocenters. The molecule has 0 aliphatic heterocycles. The minimum atomic E-state index is -0.445. The Bertz CT molecular complexity index is 2080. The van der Waals surface area contributed by atoms with Gasteiger partial charge in [-0.15, -0.1) is 0 Å². The lowest BCUT2D eigenvalue weighted by Gasteiger charge is -2.33. The van der Waals surface area contributed by atoms with Crippen molar-refractivity contribution >= 4 is 0 Å². The van der Waals surface area contributed by atoms with Gasteiger partial charge in [0.25, 0.3) is 0 Å². The average molecular weight is 1110 g/mol. The maximum absolute atomic E-state index is 13.0. The van der Waals surface area contributed by atoms with Crippen LogP contribution in [0.3, 0.4) is 0 Å². The van der Waals surface area contributed by atoms with Gasteiger partial charge in [-0.2, -0.15) is 0 Å². The fourth-order valence-electron chi connectivity index (χ4n) is 8.38. The first-order valence-electron chi connectivity index (χ1n) is 30.0. The van der Waals surface area contributed by atoms with Crippen molar-refractivity contribution in [3.8, 4) is 23.0 Å². The van der Waals surface area contributed by atoms with Gasteiger partial charge in [-0.25, -0.2) is 4.39 Å². The van der Waals surface area contributed by atoms with E-state index in [1.807, 2.05) is 69.3 Å². The van der Waals surface area contributed by atoms with E-state index in [9.17, 15) is 9.50 Å². The lowest BCUT2D eigenvalue weighted by molar-refractivity contribution is -0.0725. The zero-order chi connectivity index (χ0) is 59.0. The Morgan fingerprint density at radius 1 is 0.557 bits per heavy atom. The number of aliphatic hydroxyl groups is 5. The first-order chi connectivity index (χ1) is 37.8. The van der Waals surface area contributed by atoms with E-state index in [1.54, 1.807) is 19.2 Å². The van der Waals surface area contributed by atoms with Gasteiger partial charge in [0, 0.05) is 12.3 Å². The molecule has 1 saturated carbocycles. The molecule has 450 valence electrons. The van der Waals surface area contributed by atoms with Crippen molar-refractivity contribution in [2.75, 3.05) is 39.6 Å². The number of unbranched alkanes of at least 4 members (excludes halogenated alkanes) is 1. The smallest absolute Gasteiger partial charge is 0.141 e. The molecular formula is C67H110FNO10. The fraction of sp³-hybridized carbons (Fsp3) is 0.657. The van der Waals surface area contributed by atoms with Crippen molar-refractivity contribution in [2.24, 2.45) is 29.6 Å². The quantitative estimate of drug-likeness (QED) is 0.0338. The Labute approximate surface area is 479 Å². The highest BCUT2D eigenvalue weighted by Crippen LogP contribution is 2.32. The minimum Gasteiger partial charge on any atom is -0.491 e. The highest BCUT2D eigenvalue weighted by atomic mass is 19.1. The van der Waals surface area contributed by atoms with Crippen LogP contribution in [-0.2, 0) is 30.4 Å². The van der Waals surface area contributed by atoms with Gasteiger partial charge in [-0.1, -0.05) is 130 Å². The summed E-state index contributed by atoms with van der Waals surface area (Å²) in [5, 5.41) is 44.8. The van der Waals surface area contributed by atoms with Crippen molar-refractivity contribution in [1.82, 2.24) is 4.98 Å². The summed E-state index contributed by atoms with van der Waals surface area (Å²) in [6, 6.07) is 24.5. The summed E-state index contributed by atoms with van der Waals surface area (Å²) in [5.74, 6) is 6.34. The van der Waals surface area contributed by atoms with Crippen LogP contribution in [0.2, 0.25) is 0 Å². The molecule has 1 fully saturated rings. The lowest BCUT2D eigenvalue weighted by atomic mass is 9.82. The maximum Gasteiger partial charge on any atom is 0.141 e. The number of aliphatic hydroxyl groups excluding tert-OH is 5. The molecule has 1 aliphatic carbocycles. The molecule has 5 rings (SSSR count). The van der Waals surface area contributed by atoms with Crippen LogP contribution < -0.4 is 18.9 Å². The van der Waals surface area contributed by atoms with Crippen LogP contribution in [0.5, 0.6) is 23.0 Å². The largest absolute Gasteiger partial charge is 0.491 e. The van der Waals surface area contributed by atoms with Crippen molar-refractivity contribution in [1.29, 1.82) is 0 Å². The molecule has 4 aromatic rings. The molecule has 12 heteroatoms. The van der Waals surface area contributed by atoms with Crippen LogP contribution in [0.15, 0.2) is 85.1 Å². The molecular weight excluding hydrogens is 998 g/mol. The van der Waals surface area contributed by atoms with Gasteiger partial charge < -0.3 is 49.2 Å². The zero-order valence-corrected chi connectivity index (χ0v) is 51.3. The third-order valence-corrected chi connectivity index (χ3v) is 13.5. The molecule has 1 heterocycles. The van der Waals surface area contributed by atoms with E-state index in [1.165, 1.54) is 81.0 Å². The monoisotopic (exact) mass is 1110 g/mol. The number of benzene rings is 3. The number of ether oxygens (including phenoxy) is 5.